The zero-order valence-electron chi connectivity index (χ0n) is 5.97. The number of nitrogens with one attached hydrogen (secondary N) is 1. The largest absolute Gasteiger partial charge is 0.361 e. The van der Waals surface area contributed by atoms with Gasteiger partial charge in [0, 0.05) is 22.7 Å². The van der Waals surface area contributed by atoms with Gasteiger partial charge in [0.2, 0.25) is 0 Å². The number of aromatic amines is 1. The van der Waals surface area contributed by atoms with Crippen LogP contribution in [0.3, 0.4) is 0 Å². The van der Waals surface area contributed by atoms with E-state index in [9.17, 15) is 4.39 Å². The van der Waals surface area contributed by atoms with E-state index in [0.717, 1.165) is 16.5 Å². The first-order valence-corrected chi connectivity index (χ1v) is 3.53. The Hall–Kier alpha value is -1.31. The lowest BCUT2D eigenvalue weighted by atomic mass is 10.2. The summed E-state index contributed by atoms with van der Waals surface area (Å²) < 4.78 is 12.3. The molecule has 0 saturated heterocycles. The lowest BCUT2D eigenvalue weighted by molar-refractivity contribution is 0.488. The van der Waals surface area contributed by atoms with Crippen molar-refractivity contribution in [3.8, 4) is 0 Å². The van der Waals surface area contributed by atoms with Crippen molar-refractivity contribution in [3.05, 3.63) is 36.0 Å². The van der Waals surface area contributed by atoms with Gasteiger partial charge in [-0.2, -0.15) is 0 Å². The summed E-state index contributed by atoms with van der Waals surface area (Å²) in [6, 6.07) is 7.70. The topological polar surface area (TPSA) is 15.8 Å². The molecule has 11 heavy (non-hydrogen) atoms. The summed E-state index contributed by atoms with van der Waals surface area (Å²) in [5, 5.41) is 0.981. The van der Waals surface area contributed by atoms with Gasteiger partial charge in [-0.3, -0.25) is 0 Å². The Balaban J connectivity index is 2.76. The van der Waals surface area contributed by atoms with Crippen molar-refractivity contribution in [3.63, 3.8) is 0 Å². The first kappa shape index (κ1) is 6.40. The van der Waals surface area contributed by atoms with Crippen molar-refractivity contribution in [2.45, 2.75) is 6.67 Å². The fourth-order valence-corrected chi connectivity index (χ4v) is 1.24. The number of hydrogen-bond donors (Lipinski definition) is 1. The molecule has 2 rings (SSSR count). The number of aromatic nitrogens is 1. The van der Waals surface area contributed by atoms with Gasteiger partial charge in [-0.15, -0.1) is 0 Å². The van der Waals surface area contributed by atoms with Gasteiger partial charge in [0.15, 0.2) is 0 Å². The highest BCUT2D eigenvalue weighted by atomic mass is 19.1. The molecule has 0 atom stereocenters. The highest BCUT2D eigenvalue weighted by molar-refractivity contribution is 5.82. The fraction of sp³-hybridized carbons (Fsp3) is 0.111. The van der Waals surface area contributed by atoms with Crippen molar-refractivity contribution in [2.24, 2.45) is 0 Å². The number of para-hydroxylation sites is 1. The van der Waals surface area contributed by atoms with Crippen LogP contribution in [0.4, 0.5) is 4.39 Å². The minimum absolute atomic E-state index is 0.399. The molecule has 0 fully saturated rings. The number of rotatable bonds is 1. The predicted molar refractivity (Wildman–Crippen MR) is 43.1 cm³/mol. The quantitative estimate of drug-likeness (QED) is 0.641. The van der Waals surface area contributed by atoms with Crippen LogP contribution in [-0.2, 0) is 6.67 Å². The molecule has 0 saturated carbocycles. The van der Waals surface area contributed by atoms with E-state index in [2.05, 4.69) is 4.98 Å². The van der Waals surface area contributed by atoms with Gasteiger partial charge in [-0.1, -0.05) is 18.2 Å². The van der Waals surface area contributed by atoms with Crippen molar-refractivity contribution in [1.82, 2.24) is 4.98 Å². The maximum Gasteiger partial charge on any atom is 0.117 e. The molecule has 1 aromatic heterocycles. The lowest BCUT2D eigenvalue weighted by Gasteiger charge is -1.89. The van der Waals surface area contributed by atoms with Crippen molar-refractivity contribution in [2.75, 3.05) is 0 Å². The predicted octanol–water partition coefficient (Wildman–Crippen LogP) is 2.64. The average Bonchev–Trinajstić information content (AvgIpc) is 2.47. The van der Waals surface area contributed by atoms with Gasteiger partial charge in [-0.05, 0) is 6.07 Å². The Morgan fingerprint density at radius 2 is 2.09 bits per heavy atom. The van der Waals surface area contributed by atoms with E-state index >= 15 is 0 Å². The van der Waals surface area contributed by atoms with E-state index < -0.39 is 6.67 Å². The molecule has 1 heterocycles. The molecule has 0 amide bonds. The van der Waals surface area contributed by atoms with Crippen LogP contribution < -0.4 is 0 Å². The fourth-order valence-electron chi connectivity index (χ4n) is 1.24. The molecule has 1 nitrogen and oxygen atoms in total. The Kier molecular flexibility index (Phi) is 1.39. The Morgan fingerprint density at radius 3 is 2.91 bits per heavy atom. The first-order chi connectivity index (χ1) is 5.42. The second-order valence-electron chi connectivity index (χ2n) is 2.49. The van der Waals surface area contributed by atoms with Gasteiger partial charge in [0.1, 0.15) is 6.67 Å². The maximum atomic E-state index is 12.3. The van der Waals surface area contributed by atoms with Crippen molar-refractivity contribution < 1.29 is 4.39 Å². The number of halogens is 1. The van der Waals surface area contributed by atoms with Crippen LogP contribution in [0.15, 0.2) is 30.5 Å². The second kappa shape index (κ2) is 2.38. The molecule has 2 aromatic rings. The zero-order valence-corrected chi connectivity index (χ0v) is 5.97. The van der Waals surface area contributed by atoms with E-state index in [-0.39, 0.29) is 0 Å². The second-order valence-corrected chi connectivity index (χ2v) is 2.49. The average molecular weight is 149 g/mol. The van der Waals surface area contributed by atoms with Crippen molar-refractivity contribution in [1.29, 1.82) is 0 Å². The number of H-pyrrole nitrogens is 1. The van der Waals surface area contributed by atoms with Crippen LogP contribution in [0.25, 0.3) is 10.9 Å². The summed E-state index contributed by atoms with van der Waals surface area (Å²) in [6.07, 6.45) is 1.71. The van der Waals surface area contributed by atoms with Gasteiger partial charge >= 0.3 is 0 Å². The lowest BCUT2D eigenvalue weighted by Crippen LogP contribution is -1.71. The van der Waals surface area contributed by atoms with Gasteiger partial charge in [-0.25, -0.2) is 4.39 Å². The molecular formula is C9H8FN. The highest BCUT2D eigenvalue weighted by Gasteiger charge is 1.99. The summed E-state index contributed by atoms with van der Waals surface area (Å²) in [5.74, 6) is 0. The smallest absolute Gasteiger partial charge is 0.117 e. The Labute approximate surface area is 63.9 Å². The maximum absolute atomic E-state index is 12.3. The summed E-state index contributed by atoms with van der Waals surface area (Å²) in [6.45, 7) is -0.399. The monoisotopic (exact) mass is 149 g/mol. The highest BCUT2D eigenvalue weighted by Crippen LogP contribution is 2.17. The number of benzene rings is 1. The molecule has 1 aromatic carbocycles. The van der Waals surface area contributed by atoms with Gasteiger partial charge in [0.05, 0.1) is 0 Å². The standard InChI is InChI=1S/C9H8FN/c10-5-7-6-11-9-4-2-1-3-8(7)9/h1-4,6,11H,5H2. The molecule has 0 aliphatic rings. The summed E-state index contributed by atoms with van der Waals surface area (Å²) in [4.78, 5) is 3.00. The SMILES string of the molecule is FCc1c[nH]c2ccccc12. The molecule has 1 N–H and O–H groups in total. The zero-order chi connectivity index (χ0) is 7.68. The van der Waals surface area contributed by atoms with Gasteiger partial charge in [0.25, 0.3) is 0 Å². The van der Waals surface area contributed by atoms with E-state index in [4.69, 9.17) is 0 Å². The summed E-state index contributed by atoms with van der Waals surface area (Å²) in [7, 11) is 0. The molecule has 56 valence electrons. The first-order valence-electron chi connectivity index (χ1n) is 3.53. The number of fused-ring (bicyclic) bond motifs is 1. The minimum atomic E-state index is -0.399. The molecule has 0 aliphatic carbocycles. The van der Waals surface area contributed by atoms with E-state index in [0.29, 0.717) is 0 Å². The third-order valence-electron chi connectivity index (χ3n) is 1.82. The van der Waals surface area contributed by atoms with Crippen LogP contribution in [0, 0.1) is 0 Å². The Bertz CT molecular complexity index is 364. The molecule has 0 unspecified atom stereocenters. The van der Waals surface area contributed by atoms with Crippen molar-refractivity contribution >= 4 is 10.9 Å². The molecule has 0 aliphatic heterocycles. The van der Waals surface area contributed by atoms with Crippen LogP contribution >= 0.6 is 0 Å². The van der Waals surface area contributed by atoms with Crippen LogP contribution in [0.2, 0.25) is 0 Å². The van der Waals surface area contributed by atoms with E-state index in [1.807, 2.05) is 24.3 Å². The number of hydrogen-bond acceptors (Lipinski definition) is 0. The third-order valence-corrected chi connectivity index (χ3v) is 1.82. The molecule has 0 bridgehead atoms. The molecule has 2 heteroatoms. The van der Waals surface area contributed by atoms with E-state index in [1.54, 1.807) is 6.20 Å². The minimum Gasteiger partial charge on any atom is -0.361 e. The third kappa shape index (κ3) is 0.909. The van der Waals surface area contributed by atoms with Crippen LogP contribution in [0.1, 0.15) is 5.56 Å². The molecule has 0 spiro atoms. The van der Waals surface area contributed by atoms with Crippen LogP contribution in [-0.4, -0.2) is 4.98 Å². The normalized spacial score (nSPS) is 10.6. The Morgan fingerprint density at radius 1 is 1.27 bits per heavy atom. The number of alkyl halides is 1. The van der Waals surface area contributed by atoms with Gasteiger partial charge < -0.3 is 4.98 Å². The molecule has 0 radical (unpaired) electrons. The van der Waals surface area contributed by atoms with Crippen LogP contribution in [0.5, 0.6) is 0 Å². The van der Waals surface area contributed by atoms with E-state index in [1.165, 1.54) is 0 Å². The summed E-state index contributed by atoms with van der Waals surface area (Å²) >= 11 is 0. The molecular weight excluding hydrogens is 141 g/mol. The summed E-state index contributed by atoms with van der Waals surface area (Å²) in [5.41, 5.74) is 1.74.